The minimum atomic E-state index is -0.435. The number of nitrogens with one attached hydrogen (secondary N) is 2. The zero-order chi connectivity index (χ0) is 13.1. The van der Waals surface area contributed by atoms with E-state index in [9.17, 15) is 9.59 Å². The second-order valence-corrected chi connectivity index (χ2v) is 5.01. The van der Waals surface area contributed by atoms with Crippen LogP contribution in [0.2, 0.25) is 0 Å². The zero-order valence-corrected chi connectivity index (χ0v) is 11.5. The molecule has 0 radical (unpaired) electrons. The van der Waals surface area contributed by atoms with Crippen LogP contribution in [0.4, 0.5) is 10.5 Å². The van der Waals surface area contributed by atoms with Gasteiger partial charge in [-0.2, -0.15) is 0 Å². The van der Waals surface area contributed by atoms with Gasteiger partial charge in [-0.15, -0.1) is 0 Å². The smallest absolute Gasteiger partial charge is 0.324 e. The van der Waals surface area contributed by atoms with Crippen molar-refractivity contribution in [3.05, 3.63) is 28.7 Å². The van der Waals surface area contributed by atoms with Gasteiger partial charge >= 0.3 is 6.03 Å². The van der Waals surface area contributed by atoms with Crippen LogP contribution in [-0.4, -0.2) is 36.0 Å². The van der Waals surface area contributed by atoms with E-state index in [1.807, 2.05) is 24.3 Å². The number of carbonyl (C=O) groups is 2. The molecule has 1 aromatic carbocycles. The number of benzene rings is 1. The summed E-state index contributed by atoms with van der Waals surface area (Å²) >= 11 is 3.35. The number of urea groups is 1. The third-order valence-electron chi connectivity index (χ3n) is 2.72. The number of anilines is 1. The Bertz CT molecular complexity index is 461. The fourth-order valence-electron chi connectivity index (χ4n) is 1.77. The van der Waals surface area contributed by atoms with E-state index in [-0.39, 0.29) is 11.9 Å². The minimum Gasteiger partial charge on any atom is -0.374 e. The van der Waals surface area contributed by atoms with Gasteiger partial charge in [0.25, 0.3) is 5.91 Å². The summed E-state index contributed by atoms with van der Waals surface area (Å²) in [6.07, 6.45) is 0. The molecular weight excluding hydrogens is 298 g/mol. The second-order valence-electron chi connectivity index (χ2n) is 4.09. The molecule has 0 spiro atoms. The minimum absolute atomic E-state index is 0.215. The van der Waals surface area contributed by atoms with Crippen molar-refractivity contribution in [1.82, 2.24) is 10.2 Å². The Morgan fingerprint density at radius 2 is 2.11 bits per heavy atom. The van der Waals surface area contributed by atoms with Crippen LogP contribution in [0.3, 0.4) is 0 Å². The molecule has 1 aliphatic heterocycles. The van der Waals surface area contributed by atoms with E-state index >= 15 is 0 Å². The lowest BCUT2D eigenvalue weighted by atomic mass is 10.2. The van der Waals surface area contributed by atoms with Crippen molar-refractivity contribution >= 4 is 33.6 Å². The van der Waals surface area contributed by atoms with Crippen LogP contribution in [-0.2, 0) is 4.79 Å². The third kappa shape index (κ3) is 2.81. The number of halogens is 1. The number of amides is 3. The first kappa shape index (κ1) is 12.9. The molecule has 5 nitrogen and oxygen atoms in total. The molecule has 96 valence electrons. The van der Waals surface area contributed by atoms with E-state index in [0.717, 1.165) is 10.2 Å². The van der Waals surface area contributed by atoms with Crippen molar-refractivity contribution in [3.8, 4) is 0 Å². The van der Waals surface area contributed by atoms with Gasteiger partial charge in [0.1, 0.15) is 6.04 Å². The van der Waals surface area contributed by atoms with Gasteiger partial charge in [0.15, 0.2) is 0 Å². The molecule has 1 saturated heterocycles. The normalized spacial score (nSPS) is 16.3. The van der Waals surface area contributed by atoms with Crippen molar-refractivity contribution in [2.24, 2.45) is 0 Å². The van der Waals surface area contributed by atoms with Crippen LogP contribution < -0.4 is 10.6 Å². The first-order chi connectivity index (χ1) is 8.58. The van der Waals surface area contributed by atoms with Gasteiger partial charge in [0, 0.05) is 23.2 Å². The maximum absolute atomic E-state index is 12.0. The first-order valence-corrected chi connectivity index (χ1v) is 6.48. The molecule has 1 fully saturated rings. The Labute approximate surface area is 114 Å². The molecule has 1 aliphatic rings. The van der Waals surface area contributed by atoms with Crippen molar-refractivity contribution in [2.75, 3.05) is 18.4 Å². The molecule has 2 N–H and O–H groups in total. The van der Waals surface area contributed by atoms with Crippen molar-refractivity contribution in [1.29, 1.82) is 0 Å². The summed E-state index contributed by atoms with van der Waals surface area (Å²) in [6, 6.07) is 6.78. The van der Waals surface area contributed by atoms with E-state index in [1.165, 1.54) is 4.90 Å². The second kappa shape index (κ2) is 5.39. The fraction of sp³-hybridized carbons (Fsp3) is 0.333. The SMILES string of the molecule is C[C@@H](Nc1ccc(Br)cc1)C(=O)N1CCNC1=O. The summed E-state index contributed by atoms with van der Waals surface area (Å²) in [5, 5.41) is 5.68. The number of rotatable bonds is 3. The molecule has 1 heterocycles. The zero-order valence-electron chi connectivity index (χ0n) is 9.94. The lowest BCUT2D eigenvalue weighted by molar-refractivity contribution is -0.128. The maximum atomic E-state index is 12.0. The summed E-state index contributed by atoms with van der Waals surface area (Å²) in [5.41, 5.74) is 0.846. The molecule has 0 bridgehead atoms. The number of imide groups is 1. The topological polar surface area (TPSA) is 61.4 Å². The Morgan fingerprint density at radius 3 is 2.67 bits per heavy atom. The van der Waals surface area contributed by atoms with Gasteiger partial charge in [0.05, 0.1) is 0 Å². The molecule has 1 atom stereocenters. The summed E-state index contributed by atoms with van der Waals surface area (Å²) in [4.78, 5) is 24.6. The maximum Gasteiger partial charge on any atom is 0.324 e. The summed E-state index contributed by atoms with van der Waals surface area (Å²) in [6.45, 7) is 2.70. The van der Waals surface area contributed by atoms with Crippen LogP contribution >= 0.6 is 15.9 Å². The van der Waals surface area contributed by atoms with Gasteiger partial charge in [-0.1, -0.05) is 15.9 Å². The number of hydrogen-bond donors (Lipinski definition) is 2. The molecule has 6 heteroatoms. The van der Waals surface area contributed by atoms with E-state index in [4.69, 9.17) is 0 Å². The molecule has 3 amide bonds. The highest BCUT2D eigenvalue weighted by Crippen LogP contribution is 2.15. The van der Waals surface area contributed by atoms with Gasteiger partial charge in [-0.3, -0.25) is 9.69 Å². The quantitative estimate of drug-likeness (QED) is 0.895. The lowest BCUT2D eigenvalue weighted by Gasteiger charge is -2.19. The molecule has 0 saturated carbocycles. The van der Waals surface area contributed by atoms with Crippen LogP contribution in [0.5, 0.6) is 0 Å². The molecule has 0 unspecified atom stereocenters. The summed E-state index contributed by atoms with van der Waals surface area (Å²) < 4.78 is 0.978. The van der Waals surface area contributed by atoms with Gasteiger partial charge in [0.2, 0.25) is 0 Å². The summed E-state index contributed by atoms with van der Waals surface area (Å²) in [7, 11) is 0. The molecule has 2 rings (SSSR count). The highest BCUT2D eigenvalue weighted by atomic mass is 79.9. The van der Waals surface area contributed by atoms with Crippen LogP contribution in [0.15, 0.2) is 28.7 Å². The largest absolute Gasteiger partial charge is 0.374 e. The Hall–Kier alpha value is -1.56. The Kier molecular flexibility index (Phi) is 3.86. The monoisotopic (exact) mass is 311 g/mol. The molecular formula is C12H14BrN3O2. The fourth-order valence-corrected chi connectivity index (χ4v) is 2.04. The van der Waals surface area contributed by atoms with Crippen LogP contribution in [0.25, 0.3) is 0 Å². The van der Waals surface area contributed by atoms with Crippen LogP contribution in [0.1, 0.15) is 6.92 Å². The predicted molar refractivity (Wildman–Crippen MR) is 72.3 cm³/mol. The highest BCUT2D eigenvalue weighted by Gasteiger charge is 2.29. The molecule has 0 aromatic heterocycles. The Morgan fingerprint density at radius 1 is 1.44 bits per heavy atom. The Balaban J connectivity index is 1.99. The molecule has 1 aromatic rings. The molecule has 0 aliphatic carbocycles. The highest BCUT2D eigenvalue weighted by molar-refractivity contribution is 9.10. The third-order valence-corrected chi connectivity index (χ3v) is 3.25. The average molecular weight is 312 g/mol. The molecule has 18 heavy (non-hydrogen) atoms. The lowest BCUT2D eigenvalue weighted by Crippen LogP contribution is -2.43. The van der Waals surface area contributed by atoms with E-state index < -0.39 is 6.04 Å². The average Bonchev–Trinajstić information content (AvgIpc) is 2.77. The first-order valence-electron chi connectivity index (χ1n) is 5.69. The van der Waals surface area contributed by atoms with Gasteiger partial charge in [-0.25, -0.2) is 4.79 Å². The number of hydrogen-bond acceptors (Lipinski definition) is 3. The number of nitrogens with zero attached hydrogens (tertiary/aromatic N) is 1. The summed E-state index contributed by atoms with van der Waals surface area (Å²) in [5.74, 6) is -0.215. The predicted octanol–water partition coefficient (Wildman–Crippen LogP) is 1.80. The number of carbonyl (C=O) groups excluding carboxylic acids is 2. The van der Waals surface area contributed by atoms with E-state index in [0.29, 0.717) is 13.1 Å². The van der Waals surface area contributed by atoms with Crippen molar-refractivity contribution in [2.45, 2.75) is 13.0 Å². The van der Waals surface area contributed by atoms with E-state index in [2.05, 4.69) is 26.6 Å². The van der Waals surface area contributed by atoms with Gasteiger partial charge in [-0.05, 0) is 31.2 Å². The van der Waals surface area contributed by atoms with Crippen LogP contribution in [0, 0.1) is 0 Å². The van der Waals surface area contributed by atoms with Crippen molar-refractivity contribution in [3.63, 3.8) is 0 Å². The van der Waals surface area contributed by atoms with E-state index in [1.54, 1.807) is 6.92 Å². The van der Waals surface area contributed by atoms with Crippen molar-refractivity contribution < 1.29 is 9.59 Å². The standard InChI is InChI=1S/C12H14BrN3O2/c1-8(11(17)16-7-6-14-12(16)18)15-10-4-2-9(13)3-5-10/h2-5,8,15H,6-7H2,1H3,(H,14,18)/t8-/m1/s1. The van der Waals surface area contributed by atoms with Gasteiger partial charge < -0.3 is 10.6 Å².